The molecule has 4 heteroatoms. The van der Waals surface area contributed by atoms with Crippen molar-refractivity contribution in [3.05, 3.63) is 94.5 Å². The maximum Gasteiger partial charge on any atom is 0.256 e. The molecule has 1 N–H and O–H groups in total. The summed E-state index contributed by atoms with van der Waals surface area (Å²) in [4.78, 5) is 18.0. The number of aromatic nitrogens is 1. The number of benzene rings is 3. The molecule has 0 aliphatic rings. The molecule has 28 heavy (non-hydrogen) atoms. The Bertz CT molecular complexity index is 1190. The normalized spacial score (nSPS) is 10.8. The minimum atomic E-state index is -0.166. The summed E-state index contributed by atoms with van der Waals surface area (Å²) in [7, 11) is 0. The summed E-state index contributed by atoms with van der Waals surface area (Å²) in [5.74, 6) is -0.166. The summed E-state index contributed by atoms with van der Waals surface area (Å²) in [6.45, 7) is 3.90. The molecule has 0 unspecified atom stereocenters. The monoisotopic (exact) mass is 386 g/mol. The van der Waals surface area contributed by atoms with Crippen molar-refractivity contribution >= 4 is 34.1 Å². The summed E-state index contributed by atoms with van der Waals surface area (Å²) in [6, 6.07) is 23.1. The van der Waals surface area contributed by atoms with Crippen LogP contribution in [0.15, 0.2) is 72.8 Å². The molecule has 0 aliphatic carbocycles. The highest BCUT2D eigenvalue weighted by Gasteiger charge is 2.17. The summed E-state index contributed by atoms with van der Waals surface area (Å²) < 4.78 is 0. The zero-order valence-corrected chi connectivity index (χ0v) is 16.4. The lowest BCUT2D eigenvalue weighted by molar-refractivity contribution is 0.102. The Morgan fingerprint density at radius 2 is 1.64 bits per heavy atom. The van der Waals surface area contributed by atoms with Crippen molar-refractivity contribution in [3.8, 4) is 11.3 Å². The fourth-order valence-electron chi connectivity index (χ4n) is 3.25. The molecule has 1 aromatic heterocycles. The SMILES string of the molecule is Cc1ccccc1NC(=O)c1cc(-c2ccccc2)nc2c(C)c(Cl)ccc12. The maximum absolute atomic E-state index is 13.2. The maximum atomic E-state index is 13.2. The lowest BCUT2D eigenvalue weighted by Crippen LogP contribution is -2.14. The van der Waals surface area contributed by atoms with Gasteiger partial charge in [0, 0.05) is 21.7 Å². The lowest BCUT2D eigenvalue weighted by atomic mass is 10.0. The van der Waals surface area contributed by atoms with Crippen LogP contribution in [0.2, 0.25) is 5.02 Å². The average molecular weight is 387 g/mol. The first-order valence-corrected chi connectivity index (χ1v) is 9.44. The van der Waals surface area contributed by atoms with E-state index in [1.54, 1.807) is 0 Å². The van der Waals surface area contributed by atoms with Crippen LogP contribution in [-0.4, -0.2) is 10.9 Å². The molecule has 0 spiro atoms. The zero-order valence-electron chi connectivity index (χ0n) is 15.7. The number of halogens is 1. The van der Waals surface area contributed by atoms with Crippen molar-refractivity contribution in [2.75, 3.05) is 5.32 Å². The standard InChI is InChI=1S/C24H19ClN2O/c1-15-8-6-7-11-21(15)27-24(28)19-14-22(17-9-4-3-5-10-17)26-23-16(2)20(25)13-12-18(19)23/h3-14H,1-2H3,(H,27,28). The van der Waals surface area contributed by atoms with Gasteiger partial charge in [-0.1, -0.05) is 66.2 Å². The topological polar surface area (TPSA) is 42.0 Å². The summed E-state index contributed by atoms with van der Waals surface area (Å²) >= 11 is 6.33. The highest BCUT2D eigenvalue weighted by molar-refractivity contribution is 6.32. The van der Waals surface area contributed by atoms with E-state index in [1.807, 2.05) is 86.6 Å². The first-order chi connectivity index (χ1) is 13.5. The number of nitrogens with zero attached hydrogens (tertiary/aromatic N) is 1. The van der Waals surface area contributed by atoms with E-state index in [0.29, 0.717) is 10.6 Å². The summed E-state index contributed by atoms with van der Waals surface area (Å²) in [5.41, 5.74) is 5.68. The minimum Gasteiger partial charge on any atom is -0.322 e. The molecule has 0 aliphatic heterocycles. The van der Waals surface area contributed by atoms with Gasteiger partial charge < -0.3 is 5.32 Å². The number of para-hydroxylation sites is 1. The van der Waals surface area contributed by atoms with Crippen LogP contribution in [0.4, 0.5) is 5.69 Å². The van der Waals surface area contributed by atoms with Crippen LogP contribution in [-0.2, 0) is 0 Å². The van der Waals surface area contributed by atoms with Crippen molar-refractivity contribution in [3.63, 3.8) is 0 Å². The second-order valence-corrected chi connectivity index (χ2v) is 7.17. The fraction of sp³-hybridized carbons (Fsp3) is 0.0833. The molecule has 1 amide bonds. The third-order valence-corrected chi connectivity index (χ3v) is 5.29. The van der Waals surface area contributed by atoms with Gasteiger partial charge in [-0.05, 0) is 43.2 Å². The van der Waals surface area contributed by atoms with Gasteiger partial charge in [-0.2, -0.15) is 0 Å². The van der Waals surface area contributed by atoms with E-state index < -0.39 is 0 Å². The number of anilines is 1. The first-order valence-electron chi connectivity index (χ1n) is 9.07. The highest BCUT2D eigenvalue weighted by Crippen LogP contribution is 2.30. The Kier molecular flexibility index (Phi) is 4.84. The fourth-order valence-corrected chi connectivity index (χ4v) is 3.40. The van der Waals surface area contributed by atoms with E-state index in [-0.39, 0.29) is 5.91 Å². The lowest BCUT2D eigenvalue weighted by Gasteiger charge is -2.13. The predicted octanol–water partition coefficient (Wildman–Crippen LogP) is 6.42. The predicted molar refractivity (Wildman–Crippen MR) is 116 cm³/mol. The van der Waals surface area contributed by atoms with Crippen LogP contribution in [0.1, 0.15) is 21.5 Å². The molecule has 0 fully saturated rings. The molecule has 1 heterocycles. The smallest absolute Gasteiger partial charge is 0.256 e. The van der Waals surface area contributed by atoms with Gasteiger partial charge in [0.15, 0.2) is 0 Å². The Morgan fingerprint density at radius 3 is 2.39 bits per heavy atom. The second-order valence-electron chi connectivity index (χ2n) is 6.76. The molecule has 0 bridgehead atoms. The van der Waals surface area contributed by atoms with Crippen LogP contribution in [0.3, 0.4) is 0 Å². The van der Waals surface area contributed by atoms with Crippen molar-refractivity contribution in [1.82, 2.24) is 4.98 Å². The molecule has 4 aromatic rings. The number of nitrogens with one attached hydrogen (secondary N) is 1. The van der Waals surface area contributed by atoms with Crippen molar-refractivity contribution in [2.24, 2.45) is 0 Å². The number of fused-ring (bicyclic) bond motifs is 1. The van der Waals surface area contributed by atoms with Gasteiger partial charge in [0.05, 0.1) is 16.8 Å². The quantitative estimate of drug-likeness (QED) is 0.441. The molecular formula is C24H19ClN2O. The van der Waals surface area contributed by atoms with E-state index in [9.17, 15) is 4.79 Å². The number of hydrogen-bond donors (Lipinski definition) is 1. The molecular weight excluding hydrogens is 368 g/mol. The number of carbonyl (C=O) groups is 1. The van der Waals surface area contributed by atoms with Gasteiger partial charge in [-0.3, -0.25) is 4.79 Å². The molecule has 3 aromatic carbocycles. The second kappa shape index (κ2) is 7.45. The van der Waals surface area contributed by atoms with Gasteiger partial charge in [-0.25, -0.2) is 4.98 Å². The highest BCUT2D eigenvalue weighted by atomic mass is 35.5. The van der Waals surface area contributed by atoms with Crippen molar-refractivity contribution in [2.45, 2.75) is 13.8 Å². The largest absolute Gasteiger partial charge is 0.322 e. The van der Waals surface area contributed by atoms with Crippen LogP contribution < -0.4 is 5.32 Å². The Morgan fingerprint density at radius 1 is 0.929 bits per heavy atom. The van der Waals surface area contributed by atoms with E-state index in [1.165, 1.54) is 0 Å². The molecule has 3 nitrogen and oxygen atoms in total. The van der Waals surface area contributed by atoms with Crippen molar-refractivity contribution < 1.29 is 4.79 Å². The van der Waals surface area contributed by atoms with E-state index >= 15 is 0 Å². The van der Waals surface area contributed by atoms with Crippen LogP contribution in [0.5, 0.6) is 0 Å². The minimum absolute atomic E-state index is 0.166. The Hall–Kier alpha value is -3.17. The average Bonchev–Trinajstić information content (AvgIpc) is 2.72. The number of pyridine rings is 1. The van der Waals surface area contributed by atoms with Crippen LogP contribution >= 0.6 is 11.6 Å². The van der Waals surface area contributed by atoms with Gasteiger partial charge in [0.25, 0.3) is 5.91 Å². The van der Waals surface area contributed by atoms with E-state index in [2.05, 4.69) is 5.32 Å². The molecule has 4 rings (SSSR count). The van der Waals surface area contributed by atoms with Crippen LogP contribution in [0, 0.1) is 13.8 Å². The van der Waals surface area contributed by atoms with Gasteiger partial charge in [0.1, 0.15) is 0 Å². The number of rotatable bonds is 3. The Balaban J connectivity index is 1.90. The van der Waals surface area contributed by atoms with Crippen LogP contribution in [0.25, 0.3) is 22.2 Å². The molecule has 0 saturated carbocycles. The van der Waals surface area contributed by atoms with Gasteiger partial charge in [-0.15, -0.1) is 0 Å². The number of amides is 1. The zero-order chi connectivity index (χ0) is 19.7. The number of hydrogen-bond acceptors (Lipinski definition) is 2. The third kappa shape index (κ3) is 3.37. The Labute approximate surface area is 169 Å². The molecule has 138 valence electrons. The number of carbonyl (C=O) groups excluding carboxylic acids is 1. The molecule has 0 saturated heterocycles. The van der Waals surface area contributed by atoms with Gasteiger partial charge >= 0.3 is 0 Å². The number of aryl methyl sites for hydroxylation is 2. The molecule has 0 radical (unpaired) electrons. The van der Waals surface area contributed by atoms with Crippen molar-refractivity contribution in [1.29, 1.82) is 0 Å². The summed E-state index contributed by atoms with van der Waals surface area (Å²) in [6.07, 6.45) is 0. The summed E-state index contributed by atoms with van der Waals surface area (Å²) in [5, 5.41) is 4.45. The van der Waals surface area contributed by atoms with Gasteiger partial charge in [0.2, 0.25) is 0 Å². The molecule has 0 atom stereocenters. The van der Waals surface area contributed by atoms with E-state index in [4.69, 9.17) is 16.6 Å². The van der Waals surface area contributed by atoms with E-state index in [0.717, 1.165) is 39.0 Å². The first kappa shape index (κ1) is 18.2. The third-order valence-electron chi connectivity index (χ3n) is 4.88.